The van der Waals surface area contributed by atoms with Crippen molar-refractivity contribution in [2.24, 2.45) is 5.92 Å². The molecule has 48 heavy (non-hydrogen) atoms. The smallest absolute Gasteiger partial charge is 0.145 e. The van der Waals surface area contributed by atoms with Crippen LogP contribution in [-0.4, -0.2) is 17.4 Å². The highest BCUT2D eigenvalue weighted by molar-refractivity contribution is 6.32. The van der Waals surface area contributed by atoms with Crippen molar-refractivity contribution >= 4 is 30.0 Å². The third kappa shape index (κ3) is 3.73. The number of allylic oxidation sites excluding steroid dienone is 4. The Balaban J connectivity index is 1.15. The van der Waals surface area contributed by atoms with Gasteiger partial charge in [0.15, 0.2) is 0 Å². The van der Waals surface area contributed by atoms with Gasteiger partial charge in [-0.3, -0.25) is 4.57 Å². The van der Waals surface area contributed by atoms with Gasteiger partial charge in [0.25, 0.3) is 0 Å². The van der Waals surface area contributed by atoms with E-state index in [9.17, 15) is 0 Å². The first-order valence-electron chi connectivity index (χ1n) is 17.0. The molecule has 2 nitrogen and oxygen atoms in total. The Bertz CT molecular complexity index is 2530. The molecule has 1 spiro atoms. The molecule has 0 fully saturated rings. The summed E-state index contributed by atoms with van der Waals surface area (Å²) in [7, 11) is 2.20. The number of para-hydroxylation sites is 2. The zero-order valence-corrected chi connectivity index (χ0v) is 27.1. The van der Waals surface area contributed by atoms with Crippen LogP contribution in [0.15, 0.2) is 152 Å². The lowest BCUT2D eigenvalue weighted by Gasteiger charge is -2.30. The molecule has 0 amide bonds. The van der Waals surface area contributed by atoms with Crippen LogP contribution in [0.1, 0.15) is 35.6 Å². The van der Waals surface area contributed by atoms with Gasteiger partial charge < -0.3 is 0 Å². The van der Waals surface area contributed by atoms with Crippen molar-refractivity contribution in [2.75, 3.05) is 0 Å². The number of aromatic nitrogens is 2. The Morgan fingerprint density at radius 3 is 2.04 bits per heavy atom. The van der Waals surface area contributed by atoms with Gasteiger partial charge in [-0.1, -0.05) is 134 Å². The van der Waals surface area contributed by atoms with Gasteiger partial charge in [0.2, 0.25) is 0 Å². The summed E-state index contributed by atoms with van der Waals surface area (Å²) in [6, 6.07) is 49.6. The molecule has 0 saturated carbocycles. The van der Waals surface area contributed by atoms with Crippen LogP contribution in [-0.2, 0) is 5.41 Å². The standard InChI is InChI=1S/C45H33BN2/c1-28-17-21-33(22-18-28)48-43-16-7-6-15-42(43)47-44(48)31-10-8-9-29(25-31)30-19-23-40-36(26-30)34-11-2-4-13-38(34)45(40)39-14-5-3-12-35(39)37-27-32(46)20-24-41(37)45/h2-17,19-28H,18,46H2,1H3. The summed E-state index contributed by atoms with van der Waals surface area (Å²) < 4.78 is 2.33. The Labute approximate surface area is 282 Å². The first kappa shape index (κ1) is 27.4. The van der Waals surface area contributed by atoms with E-state index in [1.807, 2.05) is 0 Å². The van der Waals surface area contributed by atoms with E-state index >= 15 is 0 Å². The minimum Gasteiger partial charge on any atom is -0.293 e. The third-order valence-electron chi connectivity index (χ3n) is 10.8. The van der Waals surface area contributed by atoms with Crippen LogP contribution in [0.2, 0.25) is 0 Å². The minimum atomic E-state index is -0.324. The zero-order valence-electron chi connectivity index (χ0n) is 27.1. The highest BCUT2D eigenvalue weighted by Crippen LogP contribution is 2.62. The van der Waals surface area contributed by atoms with Gasteiger partial charge in [-0.15, -0.1) is 0 Å². The van der Waals surface area contributed by atoms with E-state index in [1.54, 1.807) is 0 Å². The highest BCUT2D eigenvalue weighted by Gasteiger charge is 2.51. The Morgan fingerprint density at radius 2 is 1.27 bits per heavy atom. The fourth-order valence-corrected chi connectivity index (χ4v) is 8.64. The zero-order chi connectivity index (χ0) is 32.0. The SMILES string of the molecule is Bc1ccc2c(c1)-c1ccccc1C21c2ccccc2-c2cc(-c3cccc(-c4nc5ccccc5n4C4=CCC(C)C=C4)c3)ccc21. The van der Waals surface area contributed by atoms with E-state index < -0.39 is 0 Å². The monoisotopic (exact) mass is 612 g/mol. The number of rotatable bonds is 3. The van der Waals surface area contributed by atoms with Crippen LogP contribution in [0.4, 0.5) is 0 Å². The predicted octanol–water partition coefficient (Wildman–Crippen LogP) is 9.41. The lowest BCUT2D eigenvalue weighted by Crippen LogP contribution is -2.26. The number of fused-ring (bicyclic) bond motifs is 11. The second-order valence-electron chi connectivity index (χ2n) is 13.7. The molecule has 3 heteroatoms. The van der Waals surface area contributed by atoms with Crippen LogP contribution in [0.3, 0.4) is 0 Å². The van der Waals surface area contributed by atoms with E-state index in [0.29, 0.717) is 5.92 Å². The topological polar surface area (TPSA) is 17.8 Å². The molecular weight excluding hydrogens is 579 g/mol. The van der Waals surface area contributed by atoms with E-state index in [2.05, 4.69) is 171 Å². The largest absolute Gasteiger partial charge is 0.293 e. The molecule has 0 aliphatic heterocycles. The Kier molecular flexibility index (Phi) is 5.81. The molecule has 1 aromatic heterocycles. The molecule has 3 aliphatic rings. The molecule has 0 radical (unpaired) electrons. The fourth-order valence-electron chi connectivity index (χ4n) is 8.64. The van der Waals surface area contributed by atoms with E-state index in [-0.39, 0.29) is 5.41 Å². The van der Waals surface area contributed by atoms with Crippen molar-refractivity contribution in [1.29, 1.82) is 0 Å². The molecule has 3 aliphatic carbocycles. The van der Waals surface area contributed by atoms with Crippen molar-refractivity contribution in [3.63, 3.8) is 0 Å². The molecule has 0 bridgehead atoms. The molecule has 0 N–H and O–H groups in total. The van der Waals surface area contributed by atoms with Gasteiger partial charge in [-0.2, -0.15) is 0 Å². The lowest BCUT2D eigenvalue weighted by molar-refractivity contribution is 0.735. The first-order valence-corrected chi connectivity index (χ1v) is 17.0. The van der Waals surface area contributed by atoms with Crippen molar-refractivity contribution in [1.82, 2.24) is 9.55 Å². The van der Waals surface area contributed by atoms with E-state index in [4.69, 9.17) is 4.98 Å². The fraction of sp³-hybridized carbons (Fsp3) is 0.0889. The van der Waals surface area contributed by atoms with Gasteiger partial charge in [0, 0.05) is 11.3 Å². The summed E-state index contributed by atoms with van der Waals surface area (Å²) in [5.41, 5.74) is 18.7. The predicted molar refractivity (Wildman–Crippen MR) is 202 cm³/mol. The quantitative estimate of drug-likeness (QED) is 0.182. The van der Waals surface area contributed by atoms with Crippen LogP contribution < -0.4 is 5.46 Å². The molecule has 2 unspecified atom stereocenters. The number of hydrogen-bond donors (Lipinski definition) is 0. The first-order chi connectivity index (χ1) is 23.6. The van der Waals surface area contributed by atoms with Gasteiger partial charge in [-0.05, 0) is 98.3 Å². The lowest BCUT2D eigenvalue weighted by atomic mass is 9.70. The number of benzene rings is 6. The summed E-state index contributed by atoms with van der Waals surface area (Å²) >= 11 is 0. The molecule has 1 heterocycles. The van der Waals surface area contributed by atoms with E-state index in [0.717, 1.165) is 28.8 Å². The Hall–Kier alpha value is -5.67. The highest BCUT2D eigenvalue weighted by atomic mass is 15.1. The maximum atomic E-state index is 5.18. The molecule has 0 saturated heterocycles. The van der Waals surface area contributed by atoms with Gasteiger partial charge >= 0.3 is 0 Å². The van der Waals surface area contributed by atoms with Crippen LogP contribution in [0.25, 0.3) is 61.5 Å². The van der Waals surface area contributed by atoms with Crippen molar-refractivity contribution in [3.05, 3.63) is 174 Å². The second-order valence-corrected chi connectivity index (χ2v) is 13.7. The van der Waals surface area contributed by atoms with Crippen LogP contribution >= 0.6 is 0 Å². The molecule has 6 aromatic carbocycles. The van der Waals surface area contributed by atoms with Gasteiger partial charge in [0.05, 0.1) is 16.4 Å². The molecule has 10 rings (SSSR count). The van der Waals surface area contributed by atoms with Gasteiger partial charge in [0.1, 0.15) is 13.7 Å². The summed E-state index contributed by atoms with van der Waals surface area (Å²) in [6.07, 6.45) is 7.94. The van der Waals surface area contributed by atoms with Crippen molar-refractivity contribution in [3.8, 4) is 44.8 Å². The average molecular weight is 613 g/mol. The van der Waals surface area contributed by atoms with Crippen LogP contribution in [0, 0.1) is 5.92 Å². The van der Waals surface area contributed by atoms with Crippen molar-refractivity contribution in [2.45, 2.75) is 18.8 Å². The molecule has 226 valence electrons. The second kappa shape index (κ2) is 10.2. The number of hydrogen-bond acceptors (Lipinski definition) is 1. The third-order valence-corrected chi connectivity index (χ3v) is 10.8. The molecular formula is C45H33BN2. The van der Waals surface area contributed by atoms with Crippen molar-refractivity contribution < 1.29 is 0 Å². The average Bonchev–Trinajstić information content (AvgIpc) is 3.76. The molecule has 2 atom stereocenters. The number of nitrogens with zero attached hydrogens (tertiary/aromatic N) is 2. The summed E-state index contributed by atoms with van der Waals surface area (Å²) in [6.45, 7) is 2.27. The summed E-state index contributed by atoms with van der Waals surface area (Å²) in [5, 5.41) is 0. The van der Waals surface area contributed by atoms with Crippen LogP contribution in [0.5, 0.6) is 0 Å². The van der Waals surface area contributed by atoms with Gasteiger partial charge in [-0.25, -0.2) is 4.98 Å². The summed E-state index contributed by atoms with van der Waals surface area (Å²) in [4.78, 5) is 5.18. The Morgan fingerprint density at radius 1 is 0.625 bits per heavy atom. The minimum absolute atomic E-state index is 0.324. The summed E-state index contributed by atoms with van der Waals surface area (Å²) in [5.74, 6) is 1.53. The maximum absolute atomic E-state index is 5.18. The molecule has 7 aromatic rings. The normalized spacial score (nSPS) is 18.4. The van der Waals surface area contributed by atoms with E-state index in [1.165, 1.54) is 66.8 Å². The number of imidazole rings is 1. The maximum Gasteiger partial charge on any atom is 0.145 e.